The van der Waals surface area contributed by atoms with Gasteiger partial charge in [0, 0.05) is 24.9 Å². The summed E-state index contributed by atoms with van der Waals surface area (Å²) in [5.74, 6) is -0.320. The molecule has 0 atom stereocenters. The molecule has 22 heavy (non-hydrogen) atoms. The Labute approximate surface area is 145 Å². The van der Waals surface area contributed by atoms with Gasteiger partial charge in [0.25, 0.3) is 0 Å². The summed E-state index contributed by atoms with van der Waals surface area (Å²) >= 11 is 1.50. The van der Waals surface area contributed by atoms with Gasteiger partial charge in [0.1, 0.15) is 5.82 Å². The number of benzene rings is 1. The third-order valence-corrected chi connectivity index (χ3v) is 3.57. The molecule has 0 fully saturated rings. The molecule has 4 nitrogen and oxygen atoms in total. The van der Waals surface area contributed by atoms with Gasteiger partial charge in [-0.05, 0) is 17.7 Å². The largest absolute Gasteiger partial charge is 0.354 e. The average Bonchev–Trinajstić information content (AvgIpc) is 2.86. The lowest BCUT2D eigenvalue weighted by Crippen LogP contribution is -2.30. The third kappa shape index (κ3) is 6.70. The van der Waals surface area contributed by atoms with E-state index in [-0.39, 0.29) is 43.0 Å². The molecule has 1 aromatic heterocycles. The molecule has 2 rings (SSSR count). The van der Waals surface area contributed by atoms with Crippen molar-refractivity contribution in [1.29, 1.82) is 0 Å². The Morgan fingerprint density at radius 2 is 1.95 bits per heavy atom. The number of nitrogens with zero attached hydrogens (tertiary/aromatic N) is 1. The Bertz CT molecular complexity index is 578. The summed E-state index contributed by atoms with van der Waals surface area (Å²) in [7, 11) is 0. The van der Waals surface area contributed by atoms with Gasteiger partial charge in [-0.25, -0.2) is 9.37 Å². The average molecular weight is 366 g/mol. The lowest BCUT2D eigenvalue weighted by molar-refractivity contribution is -0.120. The Hall–Kier alpha value is -1.21. The van der Waals surface area contributed by atoms with Gasteiger partial charge >= 0.3 is 0 Å². The minimum Gasteiger partial charge on any atom is -0.354 e. The molecule has 1 amide bonds. The molecule has 3 N–H and O–H groups in total. The number of hydrogen-bond acceptors (Lipinski definition) is 4. The molecule has 122 valence electrons. The van der Waals surface area contributed by atoms with Crippen molar-refractivity contribution < 1.29 is 9.18 Å². The summed E-state index contributed by atoms with van der Waals surface area (Å²) in [6.07, 6.45) is 0.912. The second-order valence-corrected chi connectivity index (χ2v) is 5.29. The van der Waals surface area contributed by atoms with E-state index in [1.165, 1.54) is 23.5 Å². The third-order valence-electron chi connectivity index (χ3n) is 2.68. The van der Waals surface area contributed by atoms with Crippen LogP contribution in [0, 0.1) is 5.82 Å². The fourth-order valence-corrected chi connectivity index (χ4v) is 2.55. The number of nitrogens with one attached hydrogen (secondary N) is 1. The molecule has 1 heterocycles. The fraction of sp³-hybridized carbons (Fsp3) is 0.286. The smallest absolute Gasteiger partial charge is 0.226 e. The molecule has 0 aliphatic rings. The summed E-state index contributed by atoms with van der Waals surface area (Å²) in [6, 6.07) is 6.35. The van der Waals surface area contributed by atoms with Gasteiger partial charge in [-0.2, -0.15) is 0 Å². The minimum atomic E-state index is -0.245. The Morgan fingerprint density at radius 3 is 2.59 bits per heavy atom. The minimum absolute atomic E-state index is 0. The molecular formula is C14H18Cl2FN3OS. The molecule has 0 aliphatic heterocycles. The van der Waals surface area contributed by atoms with Crippen molar-refractivity contribution >= 4 is 42.1 Å². The van der Waals surface area contributed by atoms with Gasteiger partial charge in [-0.3, -0.25) is 4.79 Å². The summed E-state index contributed by atoms with van der Waals surface area (Å²) in [5.41, 5.74) is 7.07. The lowest BCUT2D eigenvalue weighted by Gasteiger charge is -2.00. The van der Waals surface area contributed by atoms with E-state index >= 15 is 0 Å². The number of carbonyl (C=O) groups is 1. The van der Waals surface area contributed by atoms with Gasteiger partial charge in [0.2, 0.25) is 5.91 Å². The van der Waals surface area contributed by atoms with Crippen LogP contribution in [-0.4, -0.2) is 24.0 Å². The number of halogens is 3. The summed E-state index contributed by atoms with van der Waals surface area (Å²) < 4.78 is 12.8. The second kappa shape index (κ2) is 10.5. The van der Waals surface area contributed by atoms with Gasteiger partial charge in [-0.15, -0.1) is 36.2 Å². The highest BCUT2D eigenvalue weighted by Crippen LogP contribution is 2.15. The van der Waals surface area contributed by atoms with E-state index in [0.717, 1.165) is 16.3 Å². The Kier molecular flexibility index (Phi) is 9.93. The number of carbonyl (C=O) groups excluding carboxylic acids is 1. The van der Waals surface area contributed by atoms with Crippen LogP contribution in [0.1, 0.15) is 16.3 Å². The van der Waals surface area contributed by atoms with Crippen LogP contribution in [-0.2, 0) is 17.6 Å². The number of aromatic nitrogens is 1. The second-order valence-electron chi connectivity index (χ2n) is 4.35. The van der Waals surface area contributed by atoms with Crippen LogP contribution >= 0.6 is 36.2 Å². The van der Waals surface area contributed by atoms with Gasteiger partial charge in [-0.1, -0.05) is 12.1 Å². The molecule has 0 bridgehead atoms. The van der Waals surface area contributed by atoms with Crippen molar-refractivity contribution in [2.45, 2.75) is 12.8 Å². The number of amides is 1. The number of thiazole rings is 1. The molecule has 0 saturated heterocycles. The van der Waals surface area contributed by atoms with Crippen molar-refractivity contribution in [2.75, 3.05) is 13.1 Å². The number of rotatable bonds is 6. The first-order valence-corrected chi connectivity index (χ1v) is 7.20. The predicted octanol–water partition coefficient (Wildman–Crippen LogP) is 2.33. The molecule has 0 saturated carbocycles. The molecular weight excluding hydrogens is 348 g/mol. The molecule has 0 unspecified atom stereocenters. The lowest BCUT2D eigenvalue weighted by atomic mass is 10.1. The van der Waals surface area contributed by atoms with Crippen LogP contribution in [0.5, 0.6) is 0 Å². The first-order valence-electron chi connectivity index (χ1n) is 6.32. The number of nitrogens with two attached hydrogens (primary N) is 1. The van der Waals surface area contributed by atoms with Crippen LogP contribution in [0.15, 0.2) is 29.6 Å². The van der Waals surface area contributed by atoms with Crippen LogP contribution in [0.3, 0.4) is 0 Å². The van der Waals surface area contributed by atoms with E-state index in [2.05, 4.69) is 10.3 Å². The zero-order valence-electron chi connectivity index (χ0n) is 11.8. The Morgan fingerprint density at radius 1 is 1.27 bits per heavy atom. The fourth-order valence-electron chi connectivity index (χ4n) is 1.73. The summed E-state index contributed by atoms with van der Waals surface area (Å²) in [6.45, 7) is 0.907. The molecule has 0 spiro atoms. The highest BCUT2D eigenvalue weighted by atomic mass is 35.5. The van der Waals surface area contributed by atoms with Gasteiger partial charge in [0.15, 0.2) is 0 Å². The van der Waals surface area contributed by atoms with Crippen LogP contribution in [0.4, 0.5) is 4.39 Å². The van der Waals surface area contributed by atoms with Crippen molar-refractivity contribution in [3.8, 4) is 0 Å². The maximum atomic E-state index is 12.8. The van der Waals surface area contributed by atoms with Crippen molar-refractivity contribution in [3.63, 3.8) is 0 Å². The molecule has 1 aromatic carbocycles. The van der Waals surface area contributed by atoms with Gasteiger partial charge in [0.05, 0.1) is 17.1 Å². The summed E-state index contributed by atoms with van der Waals surface area (Å²) in [5, 5.41) is 5.50. The molecule has 8 heteroatoms. The van der Waals surface area contributed by atoms with E-state index in [1.807, 2.05) is 5.38 Å². The first kappa shape index (κ1) is 20.8. The van der Waals surface area contributed by atoms with Crippen LogP contribution in [0.25, 0.3) is 0 Å². The quantitative estimate of drug-likeness (QED) is 0.825. The zero-order valence-corrected chi connectivity index (χ0v) is 14.2. The highest BCUT2D eigenvalue weighted by molar-refractivity contribution is 7.09. The normalized spacial score (nSPS) is 9.55. The highest BCUT2D eigenvalue weighted by Gasteiger charge is 2.07. The van der Waals surface area contributed by atoms with E-state index in [0.29, 0.717) is 19.5 Å². The van der Waals surface area contributed by atoms with Gasteiger partial charge < -0.3 is 11.1 Å². The zero-order chi connectivity index (χ0) is 14.4. The topological polar surface area (TPSA) is 68.0 Å². The molecule has 0 aliphatic carbocycles. The van der Waals surface area contributed by atoms with Crippen molar-refractivity contribution in [1.82, 2.24) is 10.3 Å². The Balaban J connectivity index is 0.00000220. The van der Waals surface area contributed by atoms with E-state index in [4.69, 9.17) is 5.73 Å². The monoisotopic (exact) mass is 365 g/mol. The van der Waals surface area contributed by atoms with Crippen LogP contribution in [0.2, 0.25) is 0 Å². The molecule has 0 radical (unpaired) electrons. The van der Waals surface area contributed by atoms with Crippen molar-refractivity contribution in [2.24, 2.45) is 5.73 Å². The molecule has 2 aromatic rings. The summed E-state index contributed by atoms with van der Waals surface area (Å²) in [4.78, 5) is 15.9. The maximum Gasteiger partial charge on any atom is 0.226 e. The van der Waals surface area contributed by atoms with E-state index < -0.39 is 0 Å². The van der Waals surface area contributed by atoms with E-state index in [1.54, 1.807) is 12.1 Å². The van der Waals surface area contributed by atoms with E-state index in [9.17, 15) is 9.18 Å². The standard InChI is InChI=1S/C14H16FN3OS.2ClH/c15-11-3-1-10(2-4-11)7-14-18-12(9-20-14)8-13(19)17-6-5-16;;/h1-4,9H,5-8,16H2,(H,17,19);2*1H. The number of hydrogen-bond donors (Lipinski definition) is 2. The first-order chi connectivity index (χ1) is 9.67. The predicted molar refractivity (Wildman–Crippen MR) is 91.6 cm³/mol. The van der Waals surface area contributed by atoms with Crippen molar-refractivity contribution in [3.05, 3.63) is 51.7 Å². The maximum absolute atomic E-state index is 12.8. The SMILES string of the molecule is Cl.Cl.NCCNC(=O)Cc1csc(Cc2ccc(F)cc2)n1. The van der Waals surface area contributed by atoms with Crippen LogP contribution < -0.4 is 11.1 Å².